The second kappa shape index (κ2) is 6.29. The fourth-order valence-electron chi connectivity index (χ4n) is 2.16. The fourth-order valence-corrected chi connectivity index (χ4v) is 3.90. The quantitative estimate of drug-likeness (QED) is 0.769. The molecule has 0 amide bonds. The topological polar surface area (TPSA) is 75.9 Å². The Kier molecular flexibility index (Phi) is 5.54. The summed E-state index contributed by atoms with van der Waals surface area (Å²) in [7, 11) is -0.161. The largest absolute Gasteiger partial charge is 0.381 e. The highest BCUT2D eigenvalue weighted by molar-refractivity contribution is 7.86. The molecule has 6 nitrogen and oxygen atoms in total. The van der Waals surface area contributed by atoms with Gasteiger partial charge in [0.15, 0.2) is 0 Å². The molecule has 108 valence electrons. The lowest BCUT2D eigenvalue weighted by Gasteiger charge is -2.39. The van der Waals surface area contributed by atoms with Crippen molar-refractivity contribution in [1.82, 2.24) is 8.61 Å². The minimum absolute atomic E-state index is 0.0615. The predicted molar refractivity (Wildman–Crippen MR) is 71.4 cm³/mol. The second-order valence-corrected chi connectivity index (χ2v) is 6.94. The molecule has 1 rings (SSSR count). The lowest BCUT2D eigenvalue weighted by Crippen LogP contribution is -2.55. The van der Waals surface area contributed by atoms with Gasteiger partial charge in [-0.3, -0.25) is 0 Å². The summed E-state index contributed by atoms with van der Waals surface area (Å²) in [6.07, 6.45) is 1.49. The van der Waals surface area contributed by atoms with Gasteiger partial charge >= 0.3 is 0 Å². The summed E-state index contributed by atoms with van der Waals surface area (Å²) in [5.41, 5.74) is 5.70. The highest BCUT2D eigenvalue weighted by Gasteiger charge is 2.38. The summed E-state index contributed by atoms with van der Waals surface area (Å²) < 4.78 is 33.1. The van der Waals surface area contributed by atoms with E-state index in [2.05, 4.69) is 0 Å². The number of piperidine rings is 1. The van der Waals surface area contributed by atoms with E-state index in [1.165, 1.54) is 8.61 Å². The number of rotatable bonds is 5. The molecule has 2 unspecified atom stereocenters. The van der Waals surface area contributed by atoms with E-state index in [1.54, 1.807) is 14.2 Å². The van der Waals surface area contributed by atoms with E-state index in [0.29, 0.717) is 19.5 Å². The molecular weight excluding hydrogens is 254 g/mol. The van der Waals surface area contributed by atoms with Gasteiger partial charge in [0, 0.05) is 39.3 Å². The number of ether oxygens (including phenoxy) is 1. The maximum Gasteiger partial charge on any atom is 0.282 e. The number of hydrogen-bond donors (Lipinski definition) is 1. The van der Waals surface area contributed by atoms with Crippen LogP contribution in [0, 0.1) is 0 Å². The minimum atomic E-state index is -3.42. The average molecular weight is 279 g/mol. The Morgan fingerprint density at radius 2 is 2.11 bits per heavy atom. The highest BCUT2D eigenvalue weighted by atomic mass is 32.2. The minimum Gasteiger partial charge on any atom is -0.381 e. The Morgan fingerprint density at radius 3 is 2.56 bits per heavy atom. The normalized spacial score (nSPS) is 27.1. The Labute approximate surface area is 110 Å². The third-order valence-electron chi connectivity index (χ3n) is 3.61. The van der Waals surface area contributed by atoms with Gasteiger partial charge in [0.25, 0.3) is 10.2 Å². The van der Waals surface area contributed by atoms with Crippen LogP contribution in [0.4, 0.5) is 0 Å². The molecule has 0 aromatic heterocycles. The third-order valence-corrected chi connectivity index (χ3v) is 5.83. The van der Waals surface area contributed by atoms with Gasteiger partial charge in [-0.25, -0.2) is 0 Å². The van der Waals surface area contributed by atoms with Crippen molar-refractivity contribution in [1.29, 1.82) is 0 Å². The molecule has 7 heteroatoms. The maximum atomic E-state index is 12.4. The van der Waals surface area contributed by atoms with Gasteiger partial charge in [-0.1, -0.05) is 0 Å². The van der Waals surface area contributed by atoms with Crippen molar-refractivity contribution in [2.45, 2.75) is 44.9 Å². The van der Waals surface area contributed by atoms with Gasteiger partial charge in [0.1, 0.15) is 0 Å². The van der Waals surface area contributed by atoms with E-state index in [1.807, 2.05) is 13.8 Å². The molecule has 1 aliphatic heterocycles. The first-order chi connectivity index (χ1) is 8.34. The Balaban J connectivity index is 2.88. The van der Waals surface area contributed by atoms with Crippen molar-refractivity contribution in [3.05, 3.63) is 0 Å². The lowest BCUT2D eigenvalue weighted by molar-refractivity contribution is 0.0384. The van der Waals surface area contributed by atoms with E-state index in [9.17, 15) is 8.42 Å². The Morgan fingerprint density at radius 1 is 1.50 bits per heavy atom. The molecule has 2 atom stereocenters. The van der Waals surface area contributed by atoms with Crippen LogP contribution in [0.1, 0.15) is 26.7 Å². The van der Waals surface area contributed by atoms with Crippen LogP contribution in [0.2, 0.25) is 0 Å². The van der Waals surface area contributed by atoms with Gasteiger partial charge in [-0.15, -0.1) is 0 Å². The summed E-state index contributed by atoms with van der Waals surface area (Å²) in [5, 5.41) is 0. The van der Waals surface area contributed by atoms with Crippen molar-refractivity contribution < 1.29 is 13.2 Å². The summed E-state index contributed by atoms with van der Waals surface area (Å²) >= 11 is 0. The van der Waals surface area contributed by atoms with Gasteiger partial charge in [-0.05, 0) is 26.7 Å². The standard InChI is InChI=1S/C11H25N3O3S/c1-9(2)13(3)18(15,16)14-6-5-11(17-4)7-10(14)8-12/h9-11H,5-8,12H2,1-4H3. The molecule has 18 heavy (non-hydrogen) atoms. The van der Waals surface area contributed by atoms with Crippen LogP contribution >= 0.6 is 0 Å². The molecule has 0 aliphatic carbocycles. The zero-order valence-electron chi connectivity index (χ0n) is 11.7. The molecule has 0 bridgehead atoms. The molecule has 2 N–H and O–H groups in total. The van der Waals surface area contributed by atoms with Crippen LogP contribution in [0.3, 0.4) is 0 Å². The zero-order valence-corrected chi connectivity index (χ0v) is 12.5. The van der Waals surface area contributed by atoms with Gasteiger partial charge < -0.3 is 10.5 Å². The van der Waals surface area contributed by atoms with Gasteiger partial charge in [0.2, 0.25) is 0 Å². The van der Waals surface area contributed by atoms with Crippen LogP contribution in [0.5, 0.6) is 0 Å². The molecule has 0 aromatic rings. The molecule has 0 spiro atoms. The van der Waals surface area contributed by atoms with E-state index >= 15 is 0 Å². The first-order valence-corrected chi connectivity index (χ1v) is 7.72. The van der Waals surface area contributed by atoms with Crippen LogP contribution in [-0.2, 0) is 14.9 Å². The lowest BCUT2D eigenvalue weighted by atomic mass is 10.0. The second-order valence-electron chi connectivity index (χ2n) is 5.00. The molecule has 0 aromatic carbocycles. The molecule has 1 aliphatic rings. The van der Waals surface area contributed by atoms with E-state index < -0.39 is 10.2 Å². The predicted octanol–water partition coefficient (Wildman–Crippen LogP) is 0.00950. The number of nitrogens with zero attached hydrogens (tertiary/aromatic N) is 2. The van der Waals surface area contributed by atoms with Crippen molar-refractivity contribution >= 4 is 10.2 Å². The average Bonchev–Trinajstić information content (AvgIpc) is 2.36. The molecule has 1 saturated heterocycles. The maximum absolute atomic E-state index is 12.4. The number of hydrogen-bond acceptors (Lipinski definition) is 4. The SMILES string of the molecule is COC1CCN(S(=O)(=O)N(C)C(C)C)C(CN)C1. The first-order valence-electron chi connectivity index (χ1n) is 6.32. The Hall–Kier alpha value is -0.210. The molecular formula is C11H25N3O3S. The number of nitrogens with two attached hydrogens (primary N) is 1. The van der Waals surface area contributed by atoms with Crippen LogP contribution in [0.25, 0.3) is 0 Å². The zero-order chi connectivity index (χ0) is 13.9. The summed E-state index contributed by atoms with van der Waals surface area (Å²) in [5.74, 6) is 0. The van der Waals surface area contributed by atoms with E-state index in [4.69, 9.17) is 10.5 Å². The summed E-state index contributed by atoms with van der Waals surface area (Å²) in [4.78, 5) is 0. The van der Waals surface area contributed by atoms with Crippen LogP contribution in [0.15, 0.2) is 0 Å². The fraction of sp³-hybridized carbons (Fsp3) is 1.00. The smallest absolute Gasteiger partial charge is 0.282 e. The molecule has 1 fully saturated rings. The summed E-state index contributed by atoms with van der Waals surface area (Å²) in [6, 6.07) is -0.233. The Bertz CT molecular complexity index is 359. The summed E-state index contributed by atoms with van der Waals surface area (Å²) in [6.45, 7) is 4.51. The molecule has 1 heterocycles. The van der Waals surface area contributed by atoms with E-state index in [0.717, 1.165) is 6.42 Å². The monoisotopic (exact) mass is 279 g/mol. The van der Waals surface area contributed by atoms with Crippen molar-refractivity contribution in [2.75, 3.05) is 27.2 Å². The van der Waals surface area contributed by atoms with Crippen molar-refractivity contribution in [2.24, 2.45) is 5.73 Å². The van der Waals surface area contributed by atoms with Crippen molar-refractivity contribution in [3.8, 4) is 0 Å². The number of methoxy groups -OCH3 is 1. The van der Waals surface area contributed by atoms with Crippen LogP contribution in [-0.4, -0.2) is 62.5 Å². The van der Waals surface area contributed by atoms with Gasteiger partial charge in [-0.2, -0.15) is 17.0 Å². The van der Waals surface area contributed by atoms with E-state index in [-0.39, 0.29) is 18.2 Å². The van der Waals surface area contributed by atoms with Gasteiger partial charge in [0.05, 0.1) is 6.10 Å². The first kappa shape index (κ1) is 15.8. The van der Waals surface area contributed by atoms with Crippen LogP contribution < -0.4 is 5.73 Å². The third kappa shape index (κ3) is 3.21. The molecule has 0 saturated carbocycles. The molecule has 0 radical (unpaired) electrons. The van der Waals surface area contributed by atoms with Crippen molar-refractivity contribution in [3.63, 3.8) is 0 Å². The highest BCUT2D eigenvalue weighted by Crippen LogP contribution is 2.24.